The molecule has 2 unspecified atom stereocenters. The number of piperidine rings is 1. The van der Waals surface area contributed by atoms with Gasteiger partial charge in [0.15, 0.2) is 11.5 Å². The van der Waals surface area contributed by atoms with Crippen LogP contribution in [0.4, 0.5) is 0 Å². The number of nitrogens with zero attached hydrogens (tertiary/aromatic N) is 1. The van der Waals surface area contributed by atoms with Gasteiger partial charge in [0.1, 0.15) is 12.2 Å². The van der Waals surface area contributed by atoms with Gasteiger partial charge in [-0.3, -0.25) is 0 Å². The lowest BCUT2D eigenvalue weighted by molar-refractivity contribution is -0.0453. The Hall–Kier alpha value is -1.52. The normalized spacial score (nSPS) is 49.0. The quantitative estimate of drug-likeness (QED) is 0.798. The zero-order valence-corrected chi connectivity index (χ0v) is 12.8. The fourth-order valence-corrected chi connectivity index (χ4v) is 4.98. The lowest BCUT2D eigenvalue weighted by Gasteiger charge is -2.56. The Bertz CT molecular complexity index is 780. The summed E-state index contributed by atoms with van der Waals surface area (Å²) in [5, 5.41) is 10.7. The zero-order chi connectivity index (χ0) is 16.9. The predicted molar refractivity (Wildman–Crippen MR) is 82.5 cm³/mol. The van der Waals surface area contributed by atoms with Crippen molar-refractivity contribution in [2.75, 3.05) is 20.7 Å². The molecule has 5 rings (SSSR count). The first-order valence-corrected chi connectivity index (χ1v) is 7.84. The minimum atomic E-state index is -1.80. The standard InChI is InChI=1S/C18H21NO3/c1-19-8-7-18-11-4-5-13(20)17(18)22-16-14(21-2)6-3-10(15(16)18)9-12(11)19/h3-6,11-13,17,20H,7-9H2,1-2H3/t11-,12+,13?,17?,18-/m0/s1/i12D,13D. The molecule has 5 atom stereocenters. The van der Waals surface area contributed by atoms with Crippen LogP contribution in [0.2, 0.25) is 0 Å². The van der Waals surface area contributed by atoms with E-state index in [9.17, 15) is 6.48 Å². The molecule has 22 heavy (non-hydrogen) atoms. The molecule has 0 aromatic heterocycles. The Morgan fingerprint density at radius 1 is 1.45 bits per heavy atom. The molecule has 4 aliphatic rings. The molecule has 1 spiro atoms. The summed E-state index contributed by atoms with van der Waals surface area (Å²) in [5.41, 5.74) is 1.61. The Morgan fingerprint density at radius 3 is 3.14 bits per heavy atom. The number of rotatable bonds is 1. The van der Waals surface area contributed by atoms with E-state index < -0.39 is 23.6 Å². The van der Waals surface area contributed by atoms with Crippen LogP contribution in [0, 0.1) is 5.92 Å². The number of methoxy groups -OCH3 is 1. The molecule has 4 heteroatoms. The molecule has 1 saturated heterocycles. The van der Waals surface area contributed by atoms with Crippen LogP contribution >= 0.6 is 0 Å². The van der Waals surface area contributed by atoms with E-state index in [0.717, 1.165) is 24.1 Å². The number of hydrogen-bond acceptors (Lipinski definition) is 4. The summed E-state index contributed by atoms with van der Waals surface area (Å²) in [6.07, 6.45) is 2.26. The van der Waals surface area contributed by atoms with Crippen LogP contribution in [0.1, 0.15) is 20.3 Å². The van der Waals surface area contributed by atoms with Crippen molar-refractivity contribution in [3.8, 4) is 11.5 Å². The van der Waals surface area contributed by atoms with E-state index in [4.69, 9.17) is 10.8 Å². The average molecular weight is 301 g/mol. The molecule has 116 valence electrons. The maximum Gasteiger partial charge on any atom is 0.165 e. The fraction of sp³-hybridized carbons (Fsp3) is 0.556. The van der Waals surface area contributed by atoms with Crippen molar-refractivity contribution >= 4 is 0 Å². The molecular formula is C18H21NO3. The third-order valence-electron chi connectivity index (χ3n) is 5.96. The SMILES string of the molecule is [2H]C1(O)C=C[C@@H]2[C@@]34CCN(C)[C@]2([2H])Cc2ccc(OC)c(c23)OC14. The Labute approximate surface area is 133 Å². The molecule has 2 aliphatic carbocycles. The second kappa shape index (κ2) is 4.06. The molecule has 1 aromatic rings. The lowest BCUT2D eigenvalue weighted by atomic mass is 9.53. The van der Waals surface area contributed by atoms with Crippen molar-refractivity contribution in [2.24, 2.45) is 5.92 Å². The van der Waals surface area contributed by atoms with E-state index >= 15 is 0 Å². The average Bonchev–Trinajstić information content (AvgIpc) is 2.89. The van der Waals surface area contributed by atoms with E-state index in [-0.39, 0.29) is 5.92 Å². The molecule has 1 aromatic carbocycles. The Balaban J connectivity index is 1.87. The van der Waals surface area contributed by atoms with Crippen LogP contribution in [-0.2, 0) is 11.8 Å². The highest BCUT2D eigenvalue weighted by Gasteiger charge is 2.64. The minimum Gasteiger partial charge on any atom is -0.493 e. The highest BCUT2D eigenvalue weighted by atomic mass is 16.5. The smallest absolute Gasteiger partial charge is 0.165 e. The first kappa shape index (κ1) is 11.1. The van der Waals surface area contributed by atoms with Gasteiger partial charge in [-0.2, -0.15) is 0 Å². The summed E-state index contributed by atoms with van der Waals surface area (Å²) in [7, 11) is 3.60. The summed E-state index contributed by atoms with van der Waals surface area (Å²) in [5.74, 6) is 1.19. The molecule has 2 aliphatic heterocycles. The largest absolute Gasteiger partial charge is 0.493 e. The number of ether oxygens (including phenoxy) is 2. The number of benzene rings is 1. The van der Waals surface area contributed by atoms with E-state index in [1.54, 1.807) is 7.11 Å². The van der Waals surface area contributed by atoms with Gasteiger partial charge in [-0.25, -0.2) is 0 Å². The number of hydrogen-bond donors (Lipinski definition) is 1. The minimum absolute atomic E-state index is 0.111. The van der Waals surface area contributed by atoms with Crippen molar-refractivity contribution in [3.05, 3.63) is 35.4 Å². The summed E-state index contributed by atoms with van der Waals surface area (Å²) < 4.78 is 29.3. The molecule has 4 nitrogen and oxygen atoms in total. The Morgan fingerprint density at radius 2 is 2.32 bits per heavy atom. The third-order valence-corrected chi connectivity index (χ3v) is 5.96. The molecule has 0 saturated carbocycles. The molecule has 0 amide bonds. The van der Waals surface area contributed by atoms with Gasteiger partial charge < -0.3 is 19.5 Å². The maximum absolute atomic E-state index is 10.7. The van der Waals surface area contributed by atoms with Crippen LogP contribution in [0.3, 0.4) is 0 Å². The maximum atomic E-state index is 10.7. The van der Waals surface area contributed by atoms with Crippen LogP contribution in [0.25, 0.3) is 0 Å². The van der Waals surface area contributed by atoms with E-state index in [2.05, 4.69) is 4.90 Å². The van der Waals surface area contributed by atoms with Crippen LogP contribution < -0.4 is 9.47 Å². The molecule has 2 heterocycles. The number of likely N-dealkylation sites (N-methyl/N-ethyl adjacent to an activating group) is 1. The van der Waals surface area contributed by atoms with Gasteiger partial charge in [-0.1, -0.05) is 18.2 Å². The first-order chi connectivity index (χ1) is 11.3. The van der Waals surface area contributed by atoms with E-state index in [1.807, 2.05) is 25.3 Å². The monoisotopic (exact) mass is 301 g/mol. The third kappa shape index (κ3) is 1.28. The summed E-state index contributed by atoms with van der Waals surface area (Å²) >= 11 is 0. The molecule has 1 N–H and O–H groups in total. The topological polar surface area (TPSA) is 41.9 Å². The van der Waals surface area contributed by atoms with E-state index in [0.29, 0.717) is 17.9 Å². The second-order valence-electron chi connectivity index (χ2n) is 6.77. The van der Waals surface area contributed by atoms with Gasteiger partial charge in [0, 0.05) is 24.3 Å². The number of likely N-dealkylation sites (tertiary alicyclic amines) is 1. The fourth-order valence-electron chi connectivity index (χ4n) is 4.98. The second-order valence-corrected chi connectivity index (χ2v) is 6.77. The Kier molecular flexibility index (Phi) is 2.05. The van der Waals surface area contributed by atoms with Crippen molar-refractivity contribution in [1.29, 1.82) is 0 Å². The van der Waals surface area contributed by atoms with Crippen molar-refractivity contribution in [1.82, 2.24) is 4.90 Å². The highest BCUT2D eigenvalue weighted by Crippen LogP contribution is 2.62. The lowest BCUT2D eigenvalue weighted by Crippen LogP contribution is -2.64. The highest BCUT2D eigenvalue weighted by molar-refractivity contribution is 5.62. The summed E-state index contributed by atoms with van der Waals surface area (Å²) in [6, 6.07) is 3.11. The van der Waals surface area contributed by atoms with Crippen LogP contribution in [0.15, 0.2) is 24.3 Å². The van der Waals surface area contributed by atoms with Gasteiger partial charge in [-0.05, 0) is 38.1 Å². The molecule has 0 radical (unpaired) electrons. The van der Waals surface area contributed by atoms with Gasteiger partial charge in [-0.15, -0.1) is 0 Å². The van der Waals surface area contributed by atoms with E-state index in [1.165, 1.54) is 6.08 Å². The van der Waals surface area contributed by atoms with Gasteiger partial charge in [0.05, 0.1) is 8.48 Å². The van der Waals surface area contributed by atoms with Crippen LogP contribution in [-0.4, -0.2) is 48.9 Å². The van der Waals surface area contributed by atoms with Gasteiger partial charge >= 0.3 is 0 Å². The first-order valence-electron chi connectivity index (χ1n) is 8.84. The van der Waals surface area contributed by atoms with Crippen LogP contribution in [0.5, 0.6) is 11.5 Å². The van der Waals surface area contributed by atoms with Crippen molar-refractivity contribution < 1.29 is 17.3 Å². The van der Waals surface area contributed by atoms with Crippen molar-refractivity contribution in [2.45, 2.75) is 36.5 Å². The summed E-state index contributed by atoms with van der Waals surface area (Å²) in [4.78, 5) is 2.10. The predicted octanol–water partition coefficient (Wildman–Crippen LogP) is 1.50. The van der Waals surface area contributed by atoms with Gasteiger partial charge in [0.25, 0.3) is 0 Å². The molecule has 2 bridgehead atoms. The summed E-state index contributed by atoms with van der Waals surface area (Å²) in [6.45, 7) is 0.750. The molecular weight excluding hydrogens is 278 g/mol. The van der Waals surface area contributed by atoms with Gasteiger partial charge in [0.2, 0.25) is 0 Å². The molecule has 1 fully saturated rings. The zero-order valence-electron chi connectivity index (χ0n) is 14.8. The number of aliphatic hydroxyl groups is 1. The van der Waals surface area contributed by atoms with Crippen molar-refractivity contribution in [3.63, 3.8) is 0 Å².